The maximum atomic E-state index is 13.3. The van der Waals surface area contributed by atoms with Crippen molar-refractivity contribution in [3.05, 3.63) is 77.8 Å². The molecule has 0 saturated carbocycles. The van der Waals surface area contributed by atoms with Gasteiger partial charge in [0.1, 0.15) is 10.6 Å². The Morgan fingerprint density at radius 3 is 2.67 bits per heavy atom. The minimum absolute atomic E-state index is 0.124. The molecule has 0 saturated heterocycles. The summed E-state index contributed by atoms with van der Waals surface area (Å²) in [5, 5.41) is 6.47. The first kappa shape index (κ1) is 18.7. The second-order valence-corrected chi connectivity index (χ2v) is 9.27. The Labute approximate surface area is 177 Å². The van der Waals surface area contributed by atoms with Gasteiger partial charge >= 0.3 is 0 Å². The van der Waals surface area contributed by atoms with Gasteiger partial charge in [-0.25, -0.2) is 8.42 Å². The van der Waals surface area contributed by atoms with E-state index >= 15 is 0 Å². The molecule has 152 valence electrons. The third-order valence-electron chi connectivity index (χ3n) is 4.58. The number of ether oxygens (including phenoxy) is 2. The van der Waals surface area contributed by atoms with Crippen LogP contribution < -0.4 is 14.2 Å². The fourth-order valence-corrected chi connectivity index (χ4v) is 5.21. The zero-order valence-electron chi connectivity index (χ0n) is 15.7. The molecule has 7 nitrogen and oxygen atoms in total. The van der Waals surface area contributed by atoms with Crippen LogP contribution in [0.1, 0.15) is 5.56 Å². The number of hydrogen-bond acceptors (Lipinski definition) is 6. The molecule has 30 heavy (non-hydrogen) atoms. The van der Waals surface area contributed by atoms with Gasteiger partial charge in [0.2, 0.25) is 6.79 Å². The number of anilines is 1. The van der Waals surface area contributed by atoms with Gasteiger partial charge in [0, 0.05) is 12.3 Å². The van der Waals surface area contributed by atoms with Gasteiger partial charge in [0.25, 0.3) is 10.0 Å². The molecule has 2 aromatic carbocycles. The first-order valence-corrected chi connectivity index (χ1v) is 11.5. The smallest absolute Gasteiger partial charge is 0.265 e. The fourth-order valence-electron chi connectivity index (χ4n) is 3.21. The SMILES string of the molecule is O=S(=O)(Nc1ccc2c(c1)OCO2)c1cn(Cc2ccccc2)nc1-c1cccs1. The second-order valence-electron chi connectivity index (χ2n) is 6.68. The van der Waals surface area contributed by atoms with Crippen molar-refractivity contribution >= 4 is 27.0 Å². The van der Waals surface area contributed by atoms with Crippen LogP contribution in [0.2, 0.25) is 0 Å². The molecule has 0 fully saturated rings. The molecule has 0 amide bonds. The third-order valence-corrected chi connectivity index (χ3v) is 6.84. The van der Waals surface area contributed by atoms with Gasteiger partial charge in [0.15, 0.2) is 11.5 Å². The lowest BCUT2D eigenvalue weighted by molar-refractivity contribution is 0.174. The highest BCUT2D eigenvalue weighted by Crippen LogP contribution is 2.36. The van der Waals surface area contributed by atoms with E-state index in [2.05, 4.69) is 9.82 Å². The van der Waals surface area contributed by atoms with E-state index in [0.29, 0.717) is 29.4 Å². The highest BCUT2D eigenvalue weighted by Gasteiger charge is 2.25. The number of aromatic nitrogens is 2. The number of thiophene rings is 1. The zero-order chi connectivity index (χ0) is 20.6. The van der Waals surface area contributed by atoms with E-state index < -0.39 is 10.0 Å². The minimum Gasteiger partial charge on any atom is -0.454 e. The summed E-state index contributed by atoms with van der Waals surface area (Å²) >= 11 is 1.44. The van der Waals surface area contributed by atoms with Gasteiger partial charge < -0.3 is 9.47 Å². The molecule has 2 aromatic heterocycles. The average molecular weight is 440 g/mol. The number of hydrogen-bond donors (Lipinski definition) is 1. The molecule has 4 aromatic rings. The second kappa shape index (κ2) is 7.51. The fraction of sp³-hybridized carbons (Fsp3) is 0.0952. The van der Waals surface area contributed by atoms with Gasteiger partial charge in [0.05, 0.1) is 17.1 Å². The summed E-state index contributed by atoms with van der Waals surface area (Å²) < 4.78 is 41.4. The lowest BCUT2D eigenvalue weighted by Crippen LogP contribution is -2.13. The monoisotopic (exact) mass is 439 g/mol. The van der Waals surface area contributed by atoms with E-state index in [4.69, 9.17) is 9.47 Å². The van der Waals surface area contributed by atoms with Crippen LogP contribution in [0.5, 0.6) is 11.5 Å². The number of fused-ring (bicyclic) bond motifs is 1. The molecule has 0 spiro atoms. The summed E-state index contributed by atoms with van der Waals surface area (Å²) in [6, 6.07) is 18.4. The average Bonchev–Trinajstić information content (AvgIpc) is 3.48. The maximum absolute atomic E-state index is 13.3. The van der Waals surface area contributed by atoms with Crippen LogP contribution in [0.25, 0.3) is 10.6 Å². The lowest BCUT2D eigenvalue weighted by Gasteiger charge is -2.08. The van der Waals surface area contributed by atoms with Gasteiger partial charge in [-0.2, -0.15) is 5.10 Å². The van der Waals surface area contributed by atoms with E-state index in [-0.39, 0.29) is 11.7 Å². The van der Waals surface area contributed by atoms with Crippen LogP contribution >= 0.6 is 11.3 Å². The highest BCUT2D eigenvalue weighted by molar-refractivity contribution is 7.92. The standard InChI is InChI=1S/C21H17N3O4S2/c25-30(26,23-16-8-9-17-18(11-16)28-14-27-17)20-13-24(12-15-5-2-1-3-6-15)22-21(20)19-7-4-10-29-19/h1-11,13,23H,12,14H2. The Balaban J connectivity index is 1.51. The largest absolute Gasteiger partial charge is 0.454 e. The molecule has 1 aliphatic rings. The van der Waals surface area contributed by atoms with Crippen molar-refractivity contribution in [3.8, 4) is 22.1 Å². The summed E-state index contributed by atoms with van der Waals surface area (Å²) in [4.78, 5) is 0.909. The summed E-state index contributed by atoms with van der Waals surface area (Å²) in [6.07, 6.45) is 1.57. The number of rotatable bonds is 6. The minimum atomic E-state index is -3.88. The Morgan fingerprint density at radius 2 is 1.87 bits per heavy atom. The van der Waals surface area contributed by atoms with Crippen LogP contribution in [0.4, 0.5) is 5.69 Å². The van der Waals surface area contributed by atoms with Crippen molar-refractivity contribution in [2.24, 2.45) is 0 Å². The Hall–Kier alpha value is -3.30. The van der Waals surface area contributed by atoms with Crippen LogP contribution in [0.15, 0.2) is 77.1 Å². The van der Waals surface area contributed by atoms with Crippen molar-refractivity contribution in [1.82, 2.24) is 9.78 Å². The van der Waals surface area contributed by atoms with Crippen molar-refractivity contribution in [3.63, 3.8) is 0 Å². The molecule has 0 bridgehead atoms. The number of sulfonamides is 1. The molecular weight excluding hydrogens is 422 g/mol. The van der Waals surface area contributed by atoms with Crippen molar-refractivity contribution in [2.75, 3.05) is 11.5 Å². The molecule has 9 heteroatoms. The van der Waals surface area contributed by atoms with Gasteiger partial charge in [-0.1, -0.05) is 36.4 Å². The number of benzene rings is 2. The van der Waals surface area contributed by atoms with Crippen LogP contribution in [-0.2, 0) is 16.6 Å². The molecule has 0 radical (unpaired) electrons. The van der Waals surface area contributed by atoms with Crippen molar-refractivity contribution in [1.29, 1.82) is 0 Å². The first-order chi connectivity index (χ1) is 14.6. The van der Waals surface area contributed by atoms with Crippen molar-refractivity contribution < 1.29 is 17.9 Å². The zero-order valence-corrected chi connectivity index (χ0v) is 17.3. The third kappa shape index (κ3) is 3.64. The Morgan fingerprint density at radius 1 is 1.03 bits per heavy atom. The van der Waals surface area contributed by atoms with E-state index in [1.807, 2.05) is 47.8 Å². The first-order valence-electron chi connectivity index (χ1n) is 9.16. The molecule has 0 aliphatic carbocycles. The highest BCUT2D eigenvalue weighted by atomic mass is 32.2. The van der Waals surface area contributed by atoms with Crippen LogP contribution in [0.3, 0.4) is 0 Å². The number of nitrogens with zero attached hydrogens (tertiary/aromatic N) is 2. The van der Waals surface area contributed by atoms with E-state index in [1.165, 1.54) is 11.3 Å². The molecular formula is C21H17N3O4S2. The van der Waals surface area contributed by atoms with E-state index in [1.54, 1.807) is 29.1 Å². The maximum Gasteiger partial charge on any atom is 0.265 e. The molecule has 5 rings (SSSR count). The predicted molar refractivity (Wildman–Crippen MR) is 114 cm³/mol. The topological polar surface area (TPSA) is 82.5 Å². The van der Waals surface area contributed by atoms with E-state index in [9.17, 15) is 8.42 Å². The summed E-state index contributed by atoms with van der Waals surface area (Å²) in [7, 11) is -3.88. The summed E-state index contributed by atoms with van der Waals surface area (Å²) in [5.74, 6) is 1.10. The Bertz CT molecular complexity index is 1280. The van der Waals surface area contributed by atoms with Crippen LogP contribution in [0, 0.1) is 0 Å². The molecule has 3 heterocycles. The van der Waals surface area contributed by atoms with Crippen LogP contribution in [-0.4, -0.2) is 25.0 Å². The van der Waals surface area contributed by atoms with Crippen molar-refractivity contribution in [2.45, 2.75) is 11.4 Å². The Kier molecular flexibility index (Phi) is 4.68. The molecule has 1 aliphatic heterocycles. The lowest BCUT2D eigenvalue weighted by atomic mass is 10.2. The molecule has 1 N–H and O–H groups in total. The molecule has 0 atom stereocenters. The summed E-state index contributed by atoms with van der Waals surface area (Å²) in [6.45, 7) is 0.596. The van der Waals surface area contributed by atoms with E-state index in [0.717, 1.165) is 10.4 Å². The normalized spacial score (nSPS) is 12.8. The van der Waals surface area contributed by atoms with Gasteiger partial charge in [-0.15, -0.1) is 11.3 Å². The van der Waals surface area contributed by atoms with Gasteiger partial charge in [-0.3, -0.25) is 9.40 Å². The quantitative estimate of drug-likeness (QED) is 0.487. The van der Waals surface area contributed by atoms with Gasteiger partial charge in [-0.05, 0) is 29.1 Å². The molecule has 0 unspecified atom stereocenters. The summed E-state index contributed by atoms with van der Waals surface area (Å²) in [5.41, 5.74) is 1.85. The predicted octanol–water partition coefficient (Wildman–Crippen LogP) is 4.19. The number of nitrogens with one attached hydrogen (secondary N) is 1.